The van der Waals surface area contributed by atoms with Gasteiger partial charge >= 0.3 is 6.03 Å². The summed E-state index contributed by atoms with van der Waals surface area (Å²) >= 11 is 1.79. The Bertz CT molecular complexity index is 258. The summed E-state index contributed by atoms with van der Waals surface area (Å²) in [5, 5.41) is 2.91. The van der Waals surface area contributed by atoms with Crippen LogP contribution in [0.15, 0.2) is 0 Å². The van der Waals surface area contributed by atoms with E-state index in [9.17, 15) is 9.59 Å². The molecule has 2 atom stereocenters. The van der Waals surface area contributed by atoms with Crippen LogP contribution in [0.1, 0.15) is 20.3 Å². The topological polar surface area (TPSA) is 49.4 Å². The van der Waals surface area contributed by atoms with Crippen LogP contribution in [0.25, 0.3) is 0 Å². The van der Waals surface area contributed by atoms with Crippen LogP contribution in [-0.4, -0.2) is 41.4 Å². The van der Waals surface area contributed by atoms with Gasteiger partial charge in [0.25, 0.3) is 0 Å². The fraction of sp³-hybridized carbons (Fsp3) is 0.800. The van der Waals surface area contributed by atoms with E-state index < -0.39 is 0 Å². The summed E-state index contributed by atoms with van der Waals surface area (Å²) in [5.41, 5.74) is 0. The molecule has 0 bridgehead atoms. The van der Waals surface area contributed by atoms with Crippen molar-refractivity contribution in [2.45, 2.75) is 25.5 Å². The molecule has 0 radical (unpaired) electrons. The van der Waals surface area contributed by atoms with E-state index in [4.69, 9.17) is 0 Å². The van der Waals surface area contributed by atoms with Crippen LogP contribution in [0.4, 0.5) is 4.79 Å². The van der Waals surface area contributed by atoms with Crippen molar-refractivity contribution in [3.05, 3.63) is 0 Å². The van der Waals surface area contributed by atoms with Gasteiger partial charge in [-0.05, 0) is 12.7 Å². The third-order valence-electron chi connectivity index (χ3n) is 2.67. The van der Waals surface area contributed by atoms with Gasteiger partial charge in [-0.15, -0.1) is 0 Å². The molecule has 1 saturated heterocycles. The lowest BCUT2D eigenvalue weighted by Crippen LogP contribution is -2.54. The number of carbonyl (C=O) groups is 2. The van der Waals surface area contributed by atoms with Gasteiger partial charge in [-0.2, -0.15) is 11.8 Å². The number of hydrogen-bond acceptors (Lipinski definition) is 3. The number of urea groups is 1. The summed E-state index contributed by atoms with van der Waals surface area (Å²) in [7, 11) is 0. The van der Waals surface area contributed by atoms with Crippen molar-refractivity contribution in [3.63, 3.8) is 0 Å². The summed E-state index contributed by atoms with van der Waals surface area (Å²) in [4.78, 5) is 24.3. The van der Waals surface area contributed by atoms with Crippen LogP contribution in [0.3, 0.4) is 0 Å². The van der Waals surface area contributed by atoms with Crippen molar-refractivity contribution >= 4 is 23.7 Å². The van der Waals surface area contributed by atoms with E-state index in [1.54, 1.807) is 16.7 Å². The molecule has 0 aromatic rings. The first-order valence-corrected chi connectivity index (χ1v) is 6.46. The SMILES string of the molecule is CSC(C)CCN1CC(C)C(=O)NC1=O. The predicted molar refractivity (Wildman–Crippen MR) is 61.9 cm³/mol. The maximum Gasteiger partial charge on any atom is 0.324 e. The summed E-state index contributed by atoms with van der Waals surface area (Å²) in [6, 6.07) is -0.244. The first kappa shape index (κ1) is 12.4. The fourth-order valence-electron chi connectivity index (χ4n) is 1.45. The maximum absolute atomic E-state index is 11.4. The Balaban J connectivity index is 2.41. The number of amides is 3. The van der Waals surface area contributed by atoms with Gasteiger partial charge in [0.15, 0.2) is 0 Å². The Kier molecular flexibility index (Phi) is 4.45. The first-order valence-electron chi connectivity index (χ1n) is 5.17. The van der Waals surface area contributed by atoms with Crippen molar-refractivity contribution in [2.24, 2.45) is 5.92 Å². The van der Waals surface area contributed by atoms with Crippen LogP contribution < -0.4 is 5.32 Å². The van der Waals surface area contributed by atoms with E-state index >= 15 is 0 Å². The molecule has 4 nitrogen and oxygen atoms in total. The zero-order valence-corrected chi connectivity index (χ0v) is 10.3. The molecule has 1 aliphatic rings. The average Bonchev–Trinajstić information content (AvgIpc) is 2.21. The van der Waals surface area contributed by atoms with Gasteiger partial charge < -0.3 is 4.90 Å². The van der Waals surface area contributed by atoms with Crippen molar-refractivity contribution in [1.82, 2.24) is 10.2 Å². The van der Waals surface area contributed by atoms with E-state index in [1.807, 2.05) is 6.92 Å². The van der Waals surface area contributed by atoms with Crippen molar-refractivity contribution in [3.8, 4) is 0 Å². The highest BCUT2D eigenvalue weighted by atomic mass is 32.2. The quantitative estimate of drug-likeness (QED) is 0.792. The largest absolute Gasteiger partial charge is 0.324 e. The second-order valence-corrected chi connectivity index (χ2v) is 5.25. The third-order valence-corrected chi connectivity index (χ3v) is 3.71. The van der Waals surface area contributed by atoms with Gasteiger partial charge in [0.2, 0.25) is 5.91 Å². The van der Waals surface area contributed by atoms with Gasteiger partial charge in [0.05, 0.1) is 5.92 Å². The molecule has 1 aliphatic heterocycles. The zero-order valence-electron chi connectivity index (χ0n) is 9.45. The highest BCUT2D eigenvalue weighted by Gasteiger charge is 2.28. The van der Waals surface area contributed by atoms with Gasteiger partial charge in [0, 0.05) is 18.3 Å². The highest BCUT2D eigenvalue weighted by molar-refractivity contribution is 7.99. The molecule has 15 heavy (non-hydrogen) atoms. The van der Waals surface area contributed by atoms with Gasteiger partial charge in [0.1, 0.15) is 0 Å². The minimum absolute atomic E-state index is 0.0905. The summed E-state index contributed by atoms with van der Waals surface area (Å²) in [6.45, 7) is 5.26. The summed E-state index contributed by atoms with van der Waals surface area (Å²) < 4.78 is 0. The van der Waals surface area contributed by atoms with Crippen LogP contribution in [0, 0.1) is 5.92 Å². The lowest BCUT2D eigenvalue weighted by Gasteiger charge is -2.30. The Hall–Kier alpha value is -0.710. The van der Waals surface area contributed by atoms with E-state index in [0.29, 0.717) is 11.8 Å². The lowest BCUT2D eigenvalue weighted by molar-refractivity contribution is -0.125. The molecule has 0 aliphatic carbocycles. The van der Waals surface area contributed by atoms with Gasteiger partial charge in [-0.25, -0.2) is 4.79 Å². The summed E-state index contributed by atoms with van der Waals surface area (Å²) in [6.07, 6.45) is 3.03. The van der Waals surface area contributed by atoms with Crippen LogP contribution in [0.5, 0.6) is 0 Å². The minimum Gasteiger partial charge on any atom is -0.324 e. The smallest absolute Gasteiger partial charge is 0.324 e. The molecule has 1 rings (SSSR count). The summed E-state index contributed by atoms with van der Waals surface area (Å²) in [5.74, 6) is -0.249. The Labute approximate surface area is 94.8 Å². The molecule has 5 heteroatoms. The molecule has 0 aromatic heterocycles. The number of rotatable bonds is 4. The van der Waals surface area contributed by atoms with Crippen molar-refractivity contribution in [1.29, 1.82) is 0 Å². The second-order valence-electron chi connectivity index (χ2n) is 3.98. The first-order chi connectivity index (χ1) is 7.04. The molecule has 1 fully saturated rings. The van der Waals surface area contributed by atoms with Crippen molar-refractivity contribution in [2.75, 3.05) is 19.3 Å². The van der Waals surface area contributed by atoms with E-state index in [0.717, 1.165) is 13.0 Å². The molecular formula is C10H18N2O2S. The molecule has 2 unspecified atom stereocenters. The maximum atomic E-state index is 11.4. The van der Waals surface area contributed by atoms with E-state index in [1.165, 1.54) is 0 Å². The Morgan fingerprint density at radius 1 is 1.60 bits per heavy atom. The monoisotopic (exact) mass is 230 g/mol. The lowest BCUT2D eigenvalue weighted by atomic mass is 10.1. The average molecular weight is 230 g/mol. The van der Waals surface area contributed by atoms with Gasteiger partial charge in [-0.3, -0.25) is 10.1 Å². The number of nitrogens with zero attached hydrogens (tertiary/aromatic N) is 1. The number of thioether (sulfide) groups is 1. The Morgan fingerprint density at radius 2 is 2.27 bits per heavy atom. The molecule has 0 aromatic carbocycles. The highest BCUT2D eigenvalue weighted by Crippen LogP contribution is 2.13. The Morgan fingerprint density at radius 3 is 2.87 bits per heavy atom. The second kappa shape index (κ2) is 5.39. The molecular weight excluding hydrogens is 212 g/mol. The standard InChI is InChI=1S/C10H18N2O2S/c1-7-6-12(5-4-8(2)15-3)10(14)11-9(7)13/h7-8H,4-6H2,1-3H3,(H,11,13,14). The van der Waals surface area contributed by atoms with E-state index in [2.05, 4.69) is 18.5 Å². The van der Waals surface area contributed by atoms with Crippen LogP contribution in [-0.2, 0) is 4.79 Å². The normalized spacial score (nSPS) is 23.9. The minimum atomic E-state index is -0.244. The molecule has 1 N–H and O–H groups in total. The number of imide groups is 1. The molecule has 0 saturated carbocycles. The molecule has 0 spiro atoms. The zero-order chi connectivity index (χ0) is 11.4. The molecule has 86 valence electrons. The van der Waals surface area contributed by atoms with Gasteiger partial charge in [-0.1, -0.05) is 13.8 Å². The number of nitrogens with one attached hydrogen (secondary N) is 1. The predicted octanol–water partition coefficient (Wildman–Crippen LogP) is 1.32. The number of hydrogen-bond donors (Lipinski definition) is 1. The van der Waals surface area contributed by atoms with E-state index in [-0.39, 0.29) is 17.9 Å². The van der Waals surface area contributed by atoms with Crippen LogP contribution >= 0.6 is 11.8 Å². The molecule has 1 heterocycles. The van der Waals surface area contributed by atoms with Crippen LogP contribution in [0.2, 0.25) is 0 Å². The number of carbonyl (C=O) groups excluding carboxylic acids is 2. The fourth-order valence-corrected chi connectivity index (χ4v) is 1.79. The third kappa shape index (κ3) is 3.41. The molecule has 3 amide bonds. The van der Waals surface area contributed by atoms with Crippen molar-refractivity contribution < 1.29 is 9.59 Å².